The van der Waals surface area contributed by atoms with Crippen LogP contribution in [0.25, 0.3) is 6.08 Å². The zero-order chi connectivity index (χ0) is 52.8. The van der Waals surface area contributed by atoms with Crippen molar-refractivity contribution in [3.05, 3.63) is 139 Å². The van der Waals surface area contributed by atoms with E-state index in [2.05, 4.69) is 119 Å². The van der Waals surface area contributed by atoms with Crippen molar-refractivity contribution in [2.24, 2.45) is 0 Å². The topological polar surface area (TPSA) is 150 Å². The standard InChI is InChI=1S/C59H69N5O8S2/c1-9-62(10-2)40-20-26-47-50(33-40)71-51-34-41(63(11-3)12-4)21-27-48(51)53(47)46-25-22-42(32-49(46)56(66)67)64(73)57(68)60-30-16-14-13-15-17-44-36(5)37(6)54-45(38(44)7)28-29-59(8,72-54)35-70-43-23-18-39(19-24-43)31-52-55(65)61-58(69)74-52/h18-27,31-33,53,73H,9-17,28-30,34-35H2,1-8H3,(H2-,60,61,65,66,67,68,69)/p+1. The Hall–Kier alpha value is -6.45. The van der Waals surface area contributed by atoms with Crippen LogP contribution in [0, 0.1) is 20.8 Å². The van der Waals surface area contributed by atoms with Crippen LogP contribution in [-0.4, -0.2) is 83.5 Å². The molecule has 1 aliphatic carbocycles. The average Bonchev–Trinajstić information content (AvgIpc) is 3.72. The Morgan fingerprint density at radius 2 is 1.64 bits per heavy atom. The molecule has 4 aliphatic rings. The number of carboxylic acids is 1. The van der Waals surface area contributed by atoms with Gasteiger partial charge in [0.25, 0.3) is 11.1 Å². The number of hydrogen-bond donors (Lipinski definition) is 4. The van der Waals surface area contributed by atoms with Gasteiger partial charge in [0.2, 0.25) is 0 Å². The van der Waals surface area contributed by atoms with E-state index in [1.165, 1.54) is 26.6 Å². The van der Waals surface area contributed by atoms with Crippen LogP contribution >= 0.6 is 24.6 Å². The van der Waals surface area contributed by atoms with E-state index in [1.807, 2.05) is 30.3 Å². The molecule has 4 aromatic rings. The Morgan fingerprint density at radius 1 is 0.919 bits per heavy atom. The summed E-state index contributed by atoms with van der Waals surface area (Å²) in [7, 11) is 0. The lowest BCUT2D eigenvalue weighted by molar-refractivity contribution is -0.521. The molecule has 2 unspecified atom stereocenters. The first-order chi connectivity index (χ1) is 35.6. The third kappa shape index (κ3) is 11.6. The van der Waals surface area contributed by atoms with Crippen molar-refractivity contribution in [1.82, 2.24) is 10.6 Å². The van der Waals surface area contributed by atoms with Crippen LogP contribution in [0.2, 0.25) is 0 Å². The van der Waals surface area contributed by atoms with E-state index in [4.69, 9.17) is 14.2 Å². The van der Waals surface area contributed by atoms with E-state index in [9.17, 15) is 24.3 Å². The van der Waals surface area contributed by atoms with E-state index in [0.717, 1.165) is 134 Å². The number of fused-ring (bicyclic) bond motifs is 2. The number of ether oxygens (including phenoxy) is 3. The van der Waals surface area contributed by atoms with E-state index in [-0.39, 0.29) is 16.7 Å². The van der Waals surface area contributed by atoms with Crippen LogP contribution in [-0.2, 0) is 17.6 Å². The zero-order valence-corrected chi connectivity index (χ0v) is 45.7. The second kappa shape index (κ2) is 23.4. The van der Waals surface area contributed by atoms with E-state index < -0.39 is 23.5 Å². The molecule has 2 atom stereocenters. The number of thiol groups is 1. The minimum absolute atomic E-state index is 0.0993. The number of aromatic carboxylic acids is 1. The number of allylic oxidation sites excluding steroid dienone is 4. The summed E-state index contributed by atoms with van der Waals surface area (Å²) in [5, 5.41) is 15.6. The number of imide groups is 1. The highest BCUT2D eigenvalue weighted by Crippen LogP contribution is 2.48. The summed E-state index contributed by atoms with van der Waals surface area (Å²) >= 11 is 5.46. The fraction of sp³-hybridized carbons (Fsp3) is 0.407. The molecule has 8 rings (SSSR count). The summed E-state index contributed by atoms with van der Waals surface area (Å²) in [5.41, 5.74) is 11.8. The van der Waals surface area contributed by atoms with Gasteiger partial charge in [-0.15, -0.1) is 0 Å². The van der Waals surface area contributed by atoms with E-state index in [1.54, 1.807) is 18.2 Å². The largest absolute Gasteiger partial charge is 0.489 e. The molecular weight excluding hydrogens is 971 g/mol. The fourth-order valence-electron chi connectivity index (χ4n) is 10.7. The predicted octanol–water partition coefficient (Wildman–Crippen LogP) is 12.0. The highest BCUT2D eigenvalue weighted by Gasteiger charge is 2.38. The molecule has 4 amide bonds. The molecule has 0 bridgehead atoms. The summed E-state index contributed by atoms with van der Waals surface area (Å²) in [5.74, 6) is 1.33. The Balaban J connectivity index is 0.849. The molecule has 3 N–H and O–H groups in total. The SMILES string of the molecule is CCN(CC)c1ccc2c(c1)OC1=C(C=CC(=[N+](CC)CC)C1)C2c1ccc(N(S)C(=O)NCCCCCCc2c(C)c(C)c3c(c2C)CCC(C)(COc2ccc(C=C4SC(=O)NC4=O)cc2)O3)cc1C(=O)O. The number of carboxylic acid groups (broad SMARTS) is 1. The molecule has 0 radical (unpaired) electrons. The second-order valence-electron chi connectivity index (χ2n) is 19.7. The van der Waals surface area contributed by atoms with E-state index in [0.29, 0.717) is 41.5 Å². The number of benzene rings is 4. The van der Waals surface area contributed by atoms with Gasteiger partial charge in [-0.3, -0.25) is 14.9 Å². The zero-order valence-electron chi connectivity index (χ0n) is 44.0. The van der Waals surface area contributed by atoms with Gasteiger partial charge in [-0.05, 0) is 181 Å². The maximum atomic E-state index is 13.5. The van der Waals surface area contributed by atoms with Gasteiger partial charge in [-0.1, -0.05) is 49.9 Å². The van der Waals surface area contributed by atoms with Crippen molar-refractivity contribution in [1.29, 1.82) is 0 Å². The lowest BCUT2D eigenvalue weighted by Crippen LogP contribution is -2.42. The number of nitrogens with zero attached hydrogens (tertiary/aromatic N) is 3. The molecule has 3 heterocycles. The average molecular weight is 1040 g/mol. The smallest absolute Gasteiger partial charge is 0.336 e. The van der Waals surface area contributed by atoms with Gasteiger partial charge in [-0.2, -0.15) is 0 Å². The van der Waals surface area contributed by atoms with Gasteiger partial charge >= 0.3 is 12.0 Å². The minimum atomic E-state index is -1.09. The molecule has 4 aromatic carbocycles. The third-order valence-corrected chi connectivity index (χ3v) is 16.3. The normalized spacial score (nSPS) is 18.3. The number of nitrogens with one attached hydrogen (secondary N) is 2. The van der Waals surface area contributed by atoms with Crippen LogP contribution in [0.4, 0.5) is 21.0 Å². The Bertz CT molecular complexity index is 2970. The van der Waals surface area contributed by atoms with Crippen LogP contribution in [0.15, 0.2) is 89.1 Å². The van der Waals surface area contributed by atoms with Crippen molar-refractivity contribution in [3.63, 3.8) is 0 Å². The van der Waals surface area contributed by atoms with Crippen molar-refractivity contribution >= 4 is 70.9 Å². The summed E-state index contributed by atoms with van der Waals surface area (Å²) in [6.45, 7) is 21.4. The summed E-state index contributed by atoms with van der Waals surface area (Å²) in [6, 6.07) is 18.4. The first-order valence-electron chi connectivity index (χ1n) is 26.1. The van der Waals surface area contributed by atoms with Crippen molar-refractivity contribution in [2.45, 2.75) is 118 Å². The number of carbonyl (C=O) groups excluding carboxylic acids is 3. The van der Waals surface area contributed by atoms with Crippen molar-refractivity contribution < 1.29 is 43.1 Å². The molecule has 13 nitrogen and oxygen atoms in total. The number of urea groups is 1. The number of unbranched alkanes of at least 4 members (excludes halogenated alkanes) is 3. The number of amides is 4. The number of hydrogen-bond acceptors (Lipinski definition) is 10. The number of rotatable bonds is 19. The lowest BCUT2D eigenvalue weighted by atomic mass is 9.78. The van der Waals surface area contributed by atoms with Gasteiger partial charge in [0.1, 0.15) is 48.3 Å². The quantitative estimate of drug-likeness (QED) is 0.0309. The molecular formula is C59H70N5O8S2+. The Labute approximate surface area is 445 Å². The van der Waals surface area contributed by atoms with Crippen molar-refractivity contribution in [2.75, 3.05) is 48.5 Å². The van der Waals surface area contributed by atoms with Crippen LogP contribution in [0.1, 0.15) is 134 Å². The predicted molar refractivity (Wildman–Crippen MR) is 299 cm³/mol. The summed E-state index contributed by atoms with van der Waals surface area (Å²) in [4.78, 5) is 52.7. The molecule has 15 heteroatoms. The maximum absolute atomic E-state index is 13.5. The molecule has 390 valence electrons. The van der Waals surface area contributed by atoms with E-state index >= 15 is 0 Å². The highest BCUT2D eigenvalue weighted by atomic mass is 32.2. The molecule has 0 saturated carbocycles. The van der Waals surface area contributed by atoms with Crippen LogP contribution < -0.4 is 34.0 Å². The molecule has 3 aliphatic heterocycles. The van der Waals surface area contributed by atoms with Gasteiger partial charge in [0, 0.05) is 54.5 Å². The summed E-state index contributed by atoms with van der Waals surface area (Å²) in [6.07, 6.45) is 12.9. The number of carbonyl (C=O) groups is 4. The third-order valence-electron chi connectivity index (χ3n) is 15.1. The monoisotopic (exact) mass is 1040 g/mol. The molecule has 1 fully saturated rings. The highest BCUT2D eigenvalue weighted by molar-refractivity contribution is 8.18. The van der Waals surface area contributed by atoms with Crippen LogP contribution in [0.5, 0.6) is 17.2 Å². The van der Waals surface area contributed by atoms with Gasteiger partial charge < -0.3 is 29.5 Å². The summed E-state index contributed by atoms with van der Waals surface area (Å²) < 4.78 is 23.2. The fourth-order valence-corrected chi connectivity index (χ4v) is 11.6. The molecule has 0 spiro atoms. The van der Waals surface area contributed by atoms with Gasteiger partial charge in [0.15, 0.2) is 5.71 Å². The molecule has 74 heavy (non-hydrogen) atoms. The minimum Gasteiger partial charge on any atom is -0.489 e. The van der Waals surface area contributed by atoms with Gasteiger partial charge in [-0.25, -0.2) is 18.5 Å². The van der Waals surface area contributed by atoms with Gasteiger partial charge in [0.05, 0.1) is 22.6 Å². The first kappa shape index (κ1) is 53.8. The van der Waals surface area contributed by atoms with Crippen molar-refractivity contribution in [3.8, 4) is 17.2 Å². The molecule has 1 saturated heterocycles. The second-order valence-corrected chi connectivity index (χ2v) is 21.1. The van der Waals surface area contributed by atoms with Crippen LogP contribution in [0.3, 0.4) is 0 Å². The Morgan fingerprint density at radius 3 is 2.32 bits per heavy atom. The Kier molecular flexibility index (Phi) is 17.0. The molecule has 0 aromatic heterocycles. The lowest BCUT2D eigenvalue weighted by Gasteiger charge is -2.38. The number of anilines is 2. The maximum Gasteiger partial charge on any atom is 0.336 e. The first-order valence-corrected chi connectivity index (χ1v) is 27.3. The number of thioether (sulfide) groups is 1.